The molecule has 0 amide bonds. The molecule has 0 aromatic heterocycles. The van der Waals surface area contributed by atoms with Crippen LogP contribution in [0.25, 0.3) is 0 Å². The summed E-state index contributed by atoms with van der Waals surface area (Å²) in [6.07, 6.45) is 0. The van der Waals surface area contributed by atoms with E-state index < -0.39 is 10.0 Å². The Morgan fingerprint density at radius 1 is 1.14 bits per heavy atom. The number of halogens is 1. The molecular formula is C15H14BrNO3S. The summed E-state index contributed by atoms with van der Waals surface area (Å²) in [5.74, 6) is -0.169. The minimum Gasteiger partial charge on any atom is -0.295 e. The molecule has 110 valence electrons. The molecule has 2 aromatic carbocycles. The topological polar surface area (TPSA) is 63.2 Å². The predicted octanol–water partition coefficient (Wildman–Crippen LogP) is 3.13. The first kappa shape index (κ1) is 15.9. The molecule has 1 N–H and O–H groups in total. The van der Waals surface area contributed by atoms with Gasteiger partial charge in [0.1, 0.15) is 0 Å². The van der Waals surface area contributed by atoms with Crippen molar-refractivity contribution in [2.75, 3.05) is 0 Å². The molecule has 0 aliphatic rings. The highest BCUT2D eigenvalue weighted by molar-refractivity contribution is 9.10. The fraction of sp³-hybridized carbons (Fsp3) is 0.133. The van der Waals surface area contributed by atoms with Gasteiger partial charge in [-0.2, -0.15) is 0 Å². The van der Waals surface area contributed by atoms with E-state index in [1.54, 1.807) is 12.1 Å². The Labute approximate surface area is 132 Å². The smallest absolute Gasteiger partial charge is 0.240 e. The van der Waals surface area contributed by atoms with Gasteiger partial charge in [-0.25, -0.2) is 13.1 Å². The molecule has 21 heavy (non-hydrogen) atoms. The van der Waals surface area contributed by atoms with Gasteiger partial charge in [-0.3, -0.25) is 4.79 Å². The van der Waals surface area contributed by atoms with E-state index in [1.165, 1.54) is 19.1 Å². The van der Waals surface area contributed by atoms with E-state index >= 15 is 0 Å². The van der Waals surface area contributed by atoms with E-state index in [2.05, 4.69) is 20.7 Å². The summed E-state index contributed by atoms with van der Waals surface area (Å²) >= 11 is 3.37. The first-order valence-electron chi connectivity index (χ1n) is 6.24. The normalized spacial score (nSPS) is 11.3. The standard InChI is InChI=1S/C15H14BrNO3S/c1-11(18)12-6-4-7-14(9-12)21(19,20)17-10-13-5-2-3-8-15(13)16/h2-9,17H,10H2,1H3. The van der Waals surface area contributed by atoms with Crippen LogP contribution in [0.5, 0.6) is 0 Å². The average Bonchev–Trinajstić information content (AvgIpc) is 2.46. The Morgan fingerprint density at radius 3 is 2.52 bits per heavy atom. The van der Waals surface area contributed by atoms with E-state index in [0.29, 0.717) is 5.56 Å². The van der Waals surface area contributed by atoms with Gasteiger partial charge in [0.2, 0.25) is 10.0 Å². The maximum atomic E-state index is 12.3. The zero-order valence-electron chi connectivity index (χ0n) is 11.3. The number of rotatable bonds is 5. The Hall–Kier alpha value is -1.50. The lowest BCUT2D eigenvalue weighted by atomic mass is 10.2. The number of benzene rings is 2. The number of carbonyl (C=O) groups is 1. The van der Waals surface area contributed by atoms with Gasteiger partial charge in [-0.15, -0.1) is 0 Å². The van der Waals surface area contributed by atoms with Gasteiger partial charge in [-0.1, -0.05) is 46.3 Å². The van der Waals surface area contributed by atoms with Crippen LogP contribution in [-0.2, 0) is 16.6 Å². The zero-order chi connectivity index (χ0) is 15.5. The molecule has 0 bridgehead atoms. The summed E-state index contributed by atoms with van der Waals surface area (Å²) in [7, 11) is -3.65. The van der Waals surface area contributed by atoms with Gasteiger partial charge in [0.15, 0.2) is 5.78 Å². The number of ketones is 1. The third-order valence-corrected chi connectivity index (χ3v) is 5.13. The lowest BCUT2D eigenvalue weighted by molar-refractivity contribution is 0.101. The van der Waals surface area contributed by atoms with Crippen LogP contribution >= 0.6 is 15.9 Å². The molecule has 0 heterocycles. The second-order valence-electron chi connectivity index (χ2n) is 4.50. The van der Waals surface area contributed by atoms with Crippen molar-refractivity contribution in [3.63, 3.8) is 0 Å². The van der Waals surface area contributed by atoms with Crippen LogP contribution in [0.3, 0.4) is 0 Å². The van der Waals surface area contributed by atoms with Crippen LogP contribution in [-0.4, -0.2) is 14.2 Å². The molecule has 6 heteroatoms. The highest BCUT2D eigenvalue weighted by atomic mass is 79.9. The summed E-state index contributed by atoms with van der Waals surface area (Å²) in [6, 6.07) is 13.4. The molecule has 4 nitrogen and oxygen atoms in total. The summed E-state index contributed by atoms with van der Waals surface area (Å²) in [4.78, 5) is 11.4. The van der Waals surface area contributed by atoms with Gasteiger partial charge in [0.25, 0.3) is 0 Å². The van der Waals surface area contributed by atoms with E-state index in [-0.39, 0.29) is 17.2 Å². The monoisotopic (exact) mass is 367 g/mol. The van der Waals surface area contributed by atoms with Crippen molar-refractivity contribution in [1.82, 2.24) is 4.72 Å². The molecule has 0 fully saturated rings. The third-order valence-electron chi connectivity index (χ3n) is 2.96. The quantitative estimate of drug-likeness (QED) is 0.825. The number of carbonyl (C=O) groups excluding carboxylic acids is 1. The highest BCUT2D eigenvalue weighted by Gasteiger charge is 2.15. The Morgan fingerprint density at radius 2 is 1.86 bits per heavy atom. The molecule has 2 rings (SSSR count). The fourth-order valence-electron chi connectivity index (χ4n) is 1.78. The average molecular weight is 368 g/mol. The minimum absolute atomic E-state index is 0.0854. The molecule has 0 atom stereocenters. The zero-order valence-corrected chi connectivity index (χ0v) is 13.7. The number of hydrogen-bond donors (Lipinski definition) is 1. The van der Waals surface area contributed by atoms with Gasteiger partial charge >= 0.3 is 0 Å². The van der Waals surface area contributed by atoms with Gasteiger partial charge in [0.05, 0.1) is 4.90 Å². The summed E-state index contributed by atoms with van der Waals surface area (Å²) in [6.45, 7) is 1.58. The van der Waals surface area contributed by atoms with E-state index in [9.17, 15) is 13.2 Å². The van der Waals surface area contributed by atoms with Crippen LogP contribution in [0.4, 0.5) is 0 Å². The van der Waals surface area contributed by atoms with E-state index in [0.717, 1.165) is 10.0 Å². The van der Waals surface area contributed by atoms with Crippen molar-refractivity contribution in [3.8, 4) is 0 Å². The SMILES string of the molecule is CC(=O)c1cccc(S(=O)(=O)NCc2ccccc2Br)c1. The molecule has 2 aromatic rings. The Balaban J connectivity index is 2.21. The molecule has 0 radical (unpaired) electrons. The summed E-state index contributed by atoms with van der Waals surface area (Å²) in [5.41, 5.74) is 1.21. The lowest BCUT2D eigenvalue weighted by Gasteiger charge is -2.09. The lowest BCUT2D eigenvalue weighted by Crippen LogP contribution is -2.23. The molecule has 0 aliphatic heterocycles. The van der Waals surface area contributed by atoms with Crippen molar-refractivity contribution >= 4 is 31.7 Å². The first-order valence-corrected chi connectivity index (χ1v) is 8.52. The first-order chi connectivity index (χ1) is 9.90. The predicted molar refractivity (Wildman–Crippen MR) is 84.6 cm³/mol. The second kappa shape index (κ2) is 6.51. The molecule has 0 aliphatic carbocycles. The number of nitrogens with one attached hydrogen (secondary N) is 1. The van der Waals surface area contributed by atoms with Crippen LogP contribution in [0.15, 0.2) is 57.9 Å². The Bertz CT molecular complexity index is 772. The van der Waals surface area contributed by atoms with Gasteiger partial charge in [0, 0.05) is 16.6 Å². The Kier molecular flexibility index (Phi) is 4.92. The van der Waals surface area contributed by atoms with E-state index in [1.807, 2.05) is 24.3 Å². The van der Waals surface area contributed by atoms with Crippen molar-refractivity contribution in [1.29, 1.82) is 0 Å². The molecule has 0 spiro atoms. The number of hydrogen-bond acceptors (Lipinski definition) is 3. The van der Waals surface area contributed by atoms with Crippen LogP contribution in [0.2, 0.25) is 0 Å². The second-order valence-corrected chi connectivity index (χ2v) is 7.12. The van der Waals surface area contributed by atoms with Gasteiger partial charge in [-0.05, 0) is 30.7 Å². The van der Waals surface area contributed by atoms with Crippen molar-refractivity contribution in [2.45, 2.75) is 18.4 Å². The maximum Gasteiger partial charge on any atom is 0.240 e. The number of sulfonamides is 1. The number of Topliss-reactive ketones (excluding diaryl/α,β-unsaturated/α-hetero) is 1. The highest BCUT2D eigenvalue weighted by Crippen LogP contribution is 2.17. The molecule has 0 saturated carbocycles. The summed E-state index contributed by atoms with van der Waals surface area (Å²) in [5, 5.41) is 0. The van der Waals surface area contributed by atoms with Crippen molar-refractivity contribution in [3.05, 3.63) is 64.1 Å². The van der Waals surface area contributed by atoms with Crippen LogP contribution < -0.4 is 4.72 Å². The molecule has 0 unspecified atom stereocenters. The maximum absolute atomic E-state index is 12.3. The van der Waals surface area contributed by atoms with Crippen molar-refractivity contribution in [2.24, 2.45) is 0 Å². The van der Waals surface area contributed by atoms with Crippen molar-refractivity contribution < 1.29 is 13.2 Å². The van der Waals surface area contributed by atoms with Crippen LogP contribution in [0.1, 0.15) is 22.8 Å². The van der Waals surface area contributed by atoms with Crippen LogP contribution in [0, 0.1) is 0 Å². The third kappa shape index (κ3) is 4.00. The van der Waals surface area contributed by atoms with Gasteiger partial charge < -0.3 is 0 Å². The minimum atomic E-state index is -3.65. The largest absolute Gasteiger partial charge is 0.295 e. The summed E-state index contributed by atoms with van der Waals surface area (Å²) < 4.78 is 27.9. The fourth-order valence-corrected chi connectivity index (χ4v) is 3.26. The molecular weight excluding hydrogens is 354 g/mol. The molecule has 0 saturated heterocycles. The van der Waals surface area contributed by atoms with E-state index in [4.69, 9.17) is 0 Å².